The number of benzene rings is 2. The Kier molecular flexibility index (Phi) is 8.61. The number of halogens is 3. The van der Waals surface area contributed by atoms with Crippen molar-refractivity contribution in [1.29, 1.82) is 0 Å². The fourth-order valence-corrected chi connectivity index (χ4v) is 3.72. The normalized spacial score (nSPS) is 14.4. The Hall–Kier alpha value is -3.00. The Morgan fingerprint density at radius 1 is 1.15 bits per heavy atom. The van der Waals surface area contributed by atoms with Gasteiger partial charge in [0.2, 0.25) is 0 Å². The van der Waals surface area contributed by atoms with Gasteiger partial charge in [-0.25, -0.2) is 0 Å². The molecule has 1 aliphatic heterocycles. The first-order valence-electron chi connectivity index (χ1n) is 11.2. The zero-order chi connectivity index (χ0) is 24.7. The molecule has 0 fully saturated rings. The molecule has 0 spiro atoms. The molecule has 0 aromatic heterocycles. The fourth-order valence-electron chi connectivity index (χ4n) is 3.72. The average molecular weight is 479 g/mol. The van der Waals surface area contributed by atoms with Crippen molar-refractivity contribution < 1.29 is 37.3 Å². The summed E-state index contributed by atoms with van der Waals surface area (Å²) in [7, 11) is 0. The predicted octanol–water partition coefficient (Wildman–Crippen LogP) is 6.01. The Bertz CT molecular complexity index is 1030. The lowest BCUT2D eigenvalue weighted by atomic mass is 9.95. The molecule has 1 heterocycles. The van der Waals surface area contributed by atoms with Crippen molar-refractivity contribution in [2.45, 2.75) is 39.3 Å². The minimum atomic E-state index is -4.61. The third-order valence-corrected chi connectivity index (χ3v) is 5.39. The molecule has 0 atom stereocenters. The second-order valence-corrected chi connectivity index (χ2v) is 8.58. The van der Waals surface area contributed by atoms with Crippen LogP contribution in [0.2, 0.25) is 0 Å². The first-order chi connectivity index (χ1) is 16.1. The maximum Gasteiger partial charge on any atom is 0.416 e. The fraction of sp³-hybridized carbons (Fsp3) is 0.423. The van der Waals surface area contributed by atoms with E-state index < -0.39 is 17.7 Å². The maximum atomic E-state index is 13.6. The summed E-state index contributed by atoms with van der Waals surface area (Å²) < 4.78 is 58.0. The van der Waals surface area contributed by atoms with E-state index in [1.165, 1.54) is 12.1 Å². The molecule has 2 aromatic rings. The lowest BCUT2D eigenvalue weighted by Gasteiger charge is -2.24. The molecule has 1 aliphatic rings. The van der Waals surface area contributed by atoms with Crippen molar-refractivity contribution >= 4 is 11.5 Å². The third-order valence-electron chi connectivity index (χ3n) is 5.39. The highest BCUT2D eigenvalue weighted by molar-refractivity contribution is 5.74. The lowest BCUT2D eigenvalue weighted by Crippen LogP contribution is -2.17. The van der Waals surface area contributed by atoms with Gasteiger partial charge >= 0.3 is 12.1 Å². The lowest BCUT2D eigenvalue weighted by molar-refractivity contribution is -0.140. The van der Waals surface area contributed by atoms with E-state index in [-0.39, 0.29) is 30.8 Å². The summed E-state index contributed by atoms with van der Waals surface area (Å²) >= 11 is 0. The Morgan fingerprint density at radius 2 is 1.91 bits per heavy atom. The second kappa shape index (κ2) is 11.4. The van der Waals surface area contributed by atoms with Gasteiger partial charge in [0.15, 0.2) is 0 Å². The minimum absolute atomic E-state index is 0.0631. The number of carboxylic acids is 1. The standard InChI is InChI=1S/C26H29F3O5/c1-17(2)14-34-24-6-4-3-5-22(24)21-11-12-32-15-19(21)16-33-20-9-7-18(8-10-25(30)31)23(13-20)26(27,28)29/h3-7,9,13,17H,8,10-12,14-16H2,1-2H3,(H,30,31). The van der Waals surface area contributed by atoms with Crippen LogP contribution in [-0.2, 0) is 22.1 Å². The molecule has 1 N–H and O–H groups in total. The highest BCUT2D eigenvalue weighted by Gasteiger charge is 2.34. The molecule has 0 unspecified atom stereocenters. The van der Waals surface area contributed by atoms with E-state index in [0.29, 0.717) is 32.2 Å². The molecule has 3 rings (SSSR count). The summed E-state index contributed by atoms with van der Waals surface area (Å²) in [6.07, 6.45) is -4.56. The highest BCUT2D eigenvalue weighted by atomic mass is 19.4. The SMILES string of the molecule is CC(C)COc1ccccc1C1=C(COc2ccc(CCC(=O)O)c(C(F)(F)F)c2)COCC1. The summed E-state index contributed by atoms with van der Waals surface area (Å²) in [6.45, 7) is 5.63. The summed E-state index contributed by atoms with van der Waals surface area (Å²) in [4.78, 5) is 10.8. The molecule has 0 radical (unpaired) electrons. The number of ether oxygens (including phenoxy) is 3. The van der Waals surface area contributed by atoms with Crippen LogP contribution in [0.4, 0.5) is 13.2 Å². The van der Waals surface area contributed by atoms with E-state index in [0.717, 1.165) is 28.5 Å². The van der Waals surface area contributed by atoms with Crippen molar-refractivity contribution in [3.8, 4) is 11.5 Å². The van der Waals surface area contributed by atoms with E-state index in [4.69, 9.17) is 19.3 Å². The molecule has 0 saturated heterocycles. The zero-order valence-electron chi connectivity index (χ0n) is 19.3. The van der Waals surface area contributed by atoms with E-state index >= 15 is 0 Å². The Balaban J connectivity index is 1.84. The van der Waals surface area contributed by atoms with Crippen LogP contribution in [0.3, 0.4) is 0 Å². The first-order valence-corrected chi connectivity index (χ1v) is 11.2. The van der Waals surface area contributed by atoms with Crippen LogP contribution >= 0.6 is 0 Å². The van der Waals surface area contributed by atoms with Crippen molar-refractivity contribution in [2.24, 2.45) is 5.92 Å². The number of alkyl halides is 3. The van der Waals surface area contributed by atoms with Gasteiger partial charge in [0.05, 0.1) is 25.4 Å². The third kappa shape index (κ3) is 7.00. The summed E-state index contributed by atoms with van der Waals surface area (Å²) in [6, 6.07) is 11.4. The van der Waals surface area contributed by atoms with Crippen LogP contribution in [0.5, 0.6) is 11.5 Å². The molecular weight excluding hydrogens is 449 g/mol. The number of carbonyl (C=O) groups is 1. The van der Waals surface area contributed by atoms with Gasteiger partial charge in [0.25, 0.3) is 0 Å². The van der Waals surface area contributed by atoms with Gasteiger partial charge < -0.3 is 19.3 Å². The summed E-state index contributed by atoms with van der Waals surface area (Å²) in [5.74, 6) is 0.0320. The second-order valence-electron chi connectivity index (χ2n) is 8.58. The highest BCUT2D eigenvalue weighted by Crippen LogP contribution is 2.36. The minimum Gasteiger partial charge on any atom is -0.493 e. The van der Waals surface area contributed by atoms with Crippen LogP contribution in [0.1, 0.15) is 43.4 Å². The van der Waals surface area contributed by atoms with Gasteiger partial charge in [-0.1, -0.05) is 38.1 Å². The molecule has 5 nitrogen and oxygen atoms in total. The van der Waals surface area contributed by atoms with Crippen LogP contribution in [0.25, 0.3) is 5.57 Å². The van der Waals surface area contributed by atoms with Gasteiger partial charge in [-0.05, 0) is 53.7 Å². The van der Waals surface area contributed by atoms with Crippen molar-refractivity contribution in [2.75, 3.05) is 26.4 Å². The van der Waals surface area contributed by atoms with Crippen LogP contribution in [0, 0.1) is 5.92 Å². The van der Waals surface area contributed by atoms with E-state index in [2.05, 4.69) is 13.8 Å². The number of hydrogen-bond acceptors (Lipinski definition) is 4. The van der Waals surface area contributed by atoms with E-state index in [1.807, 2.05) is 24.3 Å². The van der Waals surface area contributed by atoms with Crippen LogP contribution in [-0.4, -0.2) is 37.5 Å². The zero-order valence-corrected chi connectivity index (χ0v) is 19.3. The quantitative estimate of drug-likeness (QED) is 0.453. The molecule has 0 amide bonds. The van der Waals surface area contributed by atoms with Crippen LogP contribution in [0.15, 0.2) is 48.0 Å². The topological polar surface area (TPSA) is 65.0 Å². The number of carboxylic acid groups (broad SMARTS) is 1. The largest absolute Gasteiger partial charge is 0.493 e. The summed E-state index contributed by atoms with van der Waals surface area (Å²) in [5, 5.41) is 8.82. The molecule has 0 saturated carbocycles. The van der Waals surface area contributed by atoms with Crippen molar-refractivity contribution in [3.05, 3.63) is 64.7 Å². The molecule has 0 aliphatic carbocycles. The molecule has 8 heteroatoms. The molecule has 34 heavy (non-hydrogen) atoms. The number of aryl methyl sites for hydroxylation is 1. The maximum absolute atomic E-state index is 13.6. The Morgan fingerprint density at radius 3 is 2.62 bits per heavy atom. The number of aliphatic carboxylic acids is 1. The van der Waals surface area contributed by atoms with Crippen molar-refractivity contribution in [3.63, 3.8) is 0 Å². The Labute approximate surface area is 197 Å². The predicted molar refractivity (Wildman–Crippen MR) is 122 cm³/mol. The molecule has 0 bridgehead atoms. The molecular formula is C26H29F3O5. The van der Waals surface area contributed by atoms with Gasteiger partial charge in [0, 0.05) is 12.0 Å². The number of para-hydroxylation sites is 1. The number of hydrogen-bond donors (Lipinski definition) is 1. The first kappa shape index (κ1) is 25.6. The average Bonchev–Trinajstić information content (AvgIpc) is 2.80. The van der Waals surface area contributed by atoms with Crippen LogP contribution < -0.4 is 9.47 Å². The monoisotopic (exact) mass is 478 g/mol. The van der Waals surface area contributed by atoms with Gasteiger partial charge in [-0.3, -0.25) is 4.79 Å². The molecule has 184 valence electrons. The van der Waals surface area contributed by atoms with E-state index in [1.54, 1.807) is 0 Å². The smallest absolute Gasteiger partial charge is 0.416 e. The summed E-state index contributed by atoms with van der Waals surface area (Å²) in [5.41, 5.74) is 1.84. The van der Waals surface area contributed by atoms with Crippen molar-refractivity contribution in [1.82, 2.24) is 0 Å². The number of rotatable bonds is 10. The van der Waals surface area contributed by atoms with Gasteiger partial charge in [-0.15, -0.1) is 0 Å². The van der Waals surface area contributed by atoms with Gasteiger partial charge in [0.1, 0.15) is 18.1 Å². The van der Waals surface area contributed by atoms with Gasteiger partial charge in [-0.2, -0.15) is 13.2 Å². The van der Waals surface area contributed by atoms with E-state index in [9.17, 15) is 18.0 Å². The molecule has 2 aromatic carbocycles.